The lowest BCUT2D eigenvalue weighted by Gasteiger charge is -2.07. The first-order valence-corrected chi connectivity index (χ1v) is 10.7. The summed E-state index contributed by atoms with van der Waals surface area (Å²) < 4.78 is 6.96. The first-order valence-electron chi connectivity index (χ1n) is 8.83. The molecule has 2 aromatic heterocycles. The molecule has 3 amide bonds. The molecule has 0 saturated carbocycles. The zero-order valence-corrected chi connectivity index (χ0v) is 17.7. The Hall–Kier alpha value is -2.85. The minimum atomic E-state index is -0.496. The van der Waals surface area contributed by atoms with Gasteiger partial charge in [-0.15, -0.1) is 21.5 Å². The van der Waals surface area contributed by atoms with E-state index in [2.05, 4.69) is 20.8 Å². The summed E-state index contributed by atoms with van der Waals surface area (Å²) in [6.45, 7) is 0.473. The van der Waals surface area contributed by atoms with E-state index in [1.165, 1.54) is 16.6 Å². The molecule has 3 rings (SSSR count). The number of methoxy groups -OCH3 is 1. The van der Waals surface area contributed by atoms with E-state index >= 15 is 0 Å². The second kappa shape index (κ2) is 10.1. The Labute approximate surface area is 176 Å². The van der Waals surface area contributed by atoms with Crippen LogP contribution in [0.2, 0.25) is 0 Å². The van der Waals surface area contributed by atoms with Gasteiger partial charge in [-0.05, 0) is 42.1 Å². The zero-order chi connectivity index (χ0) is 20.6. The number of nitrogens with zero attached hydrogens (tertiary/aromatic N) is 3. The number of nitrogens with one attached hydrogen (secondary N) is 2. The number of aromatic nitrogens is 3. The molecule has 0 atom stereocenters. The standard InChI is InChI=1S/C19H21N5O3S2/c1-24-17(13-5-7-14(27-2)8-6-13)22-23-19(24)29-12-16(25)21-18(26)20-10-9-15-4-3-11-28-15/h3-8,11H,9-10,12H2,1-2H3,(H2,20,21,25,26). The van der Waals surface area contributed by atoms with Gasteiger partial charge in [0.25, 0.3) is 0 Å². The number of imide groups is 1. The van der Waals surface area contributed by atoms with Gasteiger partial charge >= 0.3 is 6.03 Å². The maximum atomic E-state index is 12.0. The topological polar surface area (TPSA) is 98.1 Å². The second-order valence-corrected chi connectivity index (χ2v) is 7.99. The molecule has 152 valence electrons. The predicted octanol–water partition coefficient (Wildman–Crippen LogP) is 2.71. The number of thioether (sulfide) groups is 1. The van der Waals surface area contributed by atoms with Crippen molar-refractivity contribution in [3.05, 3.63) is 46.7 Å². The van der Waals surface area contributed by atoms with Crippen LogP contribution in [0.25, 0.3) is 11.4 Å². The first-order chi connectivity index (χ1) is 14.1. The molecule has 0 aliphatic rings. The monoisotopic (exact) mass is 431 g/mol. The fourth-order valence-corrected chi connectivity index (χ4v) is 3.94. The van der Waals surface area contributed by atoms with Crippen molar-refractivity contribution < 1.29 is 14.3 Å². The van der Waals surface area contributed by atoms with Crippen LogP contribution in [0.3, 0.4) is 0 Å². The van der Waals surface area contributed by atoms with Crippen molar-refractivity contribution in [3.8, 4) is 17.1 Å². The van der Waals surface area contributed by atoms with Gasteiger partial charge in [-0.3, -0.25) is 10.1 Å². The predicted molar refractivity (Wildman–Crippen MR) is 113 cm³/mol. The van der Waals surface area contributed by atoms with Crippen molar-refractivity contribution in [2.75, 3.05) is 19.4 Å². The maximum absolute atomic E-state index is 12.0. The van der Waals surface area contributed by atoms with Gasteiger partial charge < -0.3 is 14.6 Å². The minimum absolute atomic E-state index is 0.0624. The molecule has 29 heavy (non-hydrogen) atoms. The van der Waals surface area contributed by atoms with Crippen LogP contribution in [0.5, 0.6) is 5.75 Å². The van der Waals surface area contributed by atoms with E-state index in [0.29, 0.717) is 17.5 Å². The number of carbonyl (C=O) groups excluding carboxylic acids is 2. The van der Waals surface area contributed by atoms with Crippen LogP contribution < -0.4 is 15.4 Å². The summed E-state index contributed by atoms with van der Waals surface area (Å²) in [6, 6.07) is 11.0. The SMILES string of the molecule is COc1ccc(-c2nnc(SCC(=O)NC(=O)NCCc3cccs3)n2C)cc1. The Balaban J connectivity index is 1.46. The highest BCUT2D eigenvalue weighted by Gasteiger charge is 2.14. The Kier molecular flexibility index (Phi) is 7.25. The Morgan fingerprint density at radius 2 is 2.00 bits per heavy atom. The third-order valence-corrected chi connectivity index (χ3v) is 5.96. The number of ether oxygens (including phenoxy) is 1. The van der Waals surface area contributed by atoms with Gasteiger partial charge in [-0.25, -0.2) is 4.79 Å². The van der Waals surface area contributed by atoms with E-state index in [0.717, 1.165) is 17.7 Å². The molecule has 3 aromatic rings. The second-order valence-electron chi connectivity index (χ2n) is 6.02. The van der Waals surface area contributed by atoms with Crippen LogP contribution in [0.1, 0.15) is 4.88 Å². The number of rotatable bonds is 8. The van der Waals surface area contributed by atoms with E-state index in [1.807, 2.05) is 48.8 Å². The van der Waals surface area contributed by atoms with E-state index in [9.17, 15) is 9.59 Å². The maximum Gasteiger partial charge on any atom is 0.321 e. The Morgan fingerprint density at radius 3 is 2.69 bits per heavy atom. The average molecular weight is 432 g/mol. The normalized spacial score (nSPS) is 10.6. The summed E-state index contributed by atoms with van der Waals surface area (Å²) in [7, 11) is 3.44. The summed E-state index contributed by atoms with van der Waals surface area (Å²) in [5.41, 5.74) is 0.891. The number of thiophene rings is 1. The Morgan fingerprint density at radius 1 is 1.21 bits per heavy atom. The van der Waals surface area contributed by atoms with Gasteiger partial charge in [-0.2, -0.15) is 0 Å². The minimum Gasteiger partial charge on any atom is -0.497 e. The van der Waals surface area contributed by atoms with Crippen LogP contribution in [-0.2, 0) is 18.3 Å². The van der Waals surface area contributed by atoms with Crippen LogP contribution in [0, 0.1) is 0 Å². The van der Waals surface area contributed by atoms with Crippen LogP contribution in [0.15, 0.2) is 46.9 Å². The third-order valence-electron chi connectivity index (χ3n) is 4.01. The number of amides is 3. The van der Waals surface area contributed by atoms with Gasteiger partial charge in [0.15, 0.2) is 11.0 Å². The van der Waals surface area contributed by atoms with Crippen molar-refractivity contribution in [3.63, 3.8) is 0 Å². The third kappa shape index (κ3) is 5.81. The number of carbonyl (C=O) groups is 2. The van der Waals surface area contributed by atoms with Gasteiger partial charge in [0.05, 0.1) is 12.9 Å². The number of hydrogen-bond donors (Lipinski definition) is 2. The highest BCUT2D eigenvalue weighted by Crippen LogP contribution is 2.24. The van der Waals surface area contributed by atoms with Crippen molar-refractivity contribution >= 4 is 35.0 Å². The van der Waals surface area contributed by atoms with E-state index in [-0.39, 0.29) is 5.75 Å². The number of benzene rings is 1. The van der Waals surface area contributed by atoms with Gasteiger partial charge in [0.1, 0.15) is 5.75 Å². The summed E-state index contributed by atoms with van der Waals surface area (Å²) >= 11 is 2.85. The average Bonchev–Trinajstić information content (AvgIpc) is 3.36. The molecule has 0 saturated heterocycles. The molecule has 2 heterocycles. The molecule has 0 aliphatic heterocycles. The van der Waals surface area contributed by atoms with E-state index in [1.54, 1.807) is 23.0 Å². The molecule has 10 heteroatoms. The fraction of sp³-hybridized carbons (Fsp3) is 0.263. The molecule has 0 spiro atoms. The van der Waals surface area contributed by atoms with E-state index < -0.39 is 11.9 Å². The lowest BCUT2D eigenvalue weighted by molar-refractivity contribution is -0.117. The van der Waals surface area contributed by atoms with Crippen LogP contribution in [-0.4, -0.2) is 46.1 Å². The summed E-state index contributed by atoms with van der Waals surface area (Å²) in [4.78, 5) is 25.0. The molecule has 1 aromatic carbocycles. The van der Waals surface area contributed by atoms with Crippen molar-refractivity contribution in [1.82, 2.24) is 25.4 Å². The Bertz CT molecular complexity index is 955. The fourth-order valence-electron chi connectivity index (χ4n) is 2.52. The summed E-state index contributed by atoms with van der Waals surface area (Å²) in [5.74, 6) is 1.11. The molecular weight excluding hydrogens is 410 g/mol. The van der Waals surface area contributed by atoms with Gasteiger partial charge in [0, 0.05) is 24.0 Å². The quantitative estimate of drug-likeness (QED) is 0.532. The molecule has 0 aliphatic carbocycles. The first kappa shape index (κ1) is 20.9. The van der Waals surface area contributed by atoms with Crippen molar-refractivity contribution in [2.45, 2.75) is 11.6 Å². The molecule has 2 N–H and O–H groups in total. The highest BCUT2D eigenvalue weighted by molar-refractivity contribution is 7.99. The highest BCUT2D eigenvalue weighted by atomic mass is 32.2. The lowest BCUT2D eigenvalue weighted by atomic mass is 10.2. The van der Waals surface area contributed by atoms with E-state index in [4.69, 9.17) is 4.74 Å². The number of hydrogen-bond acceptors (Lipinski definition) is 7. The molecule has 8 nitrogen and oxygen atoms in total. The van der Waals surface area contributed by atoms with Gasteiger partial charge in [0.2, 0.25) is 5.91 Å². The van der Waals surface area contributed by atoms with Crippen molar-refractivity contribution in [1.29, 1.82) is 0 Å². The van der Waals surface area contributed by atoms with Crippen LogP contribution >= 0.6 is 23.1 Å². The molecule has 0 fully saturated rings. The van der Waals surface area contributed by atoms with Crippen LogP contribution in [0.4, 0.5) is 4.79 Å². The molecule has 0 unspecified atom stereocenters. The number of urea groups is 1. The zero-order valence-electron chi connectivity index (χ0n) is 16.0. The van der Waals surface area contributed by atoms with Crippen molar-refractivity contribution in [2.24, 2.45) is 7.05 Å². The lowest BCUT2D eigenvalue weighted by Crippen LogP contribution is -2.41. The summed E-state index contributed by atoms with van der Waals surface area (Å²) in [6.07, 6.45) is 0.737. The smallest absolute Gasteiger partial charge is 0.321 e. The van der Waals surface area contributed by atoms with Gasteiger partial charge in [-0.1, -0.05) is 17.8 Å². The molecular formula is C19H21N5O3S2. The molecule has 0 radical (unpaired) electrons. The summed E-state index contributed by atoms with van der Waals surface area (Å²) in [5, 5.41) is 15.9. The molecule has 0 bridgehead atoms. The largest absolute Gasteiger partial charge is 0.497 e.